The van der Waals surface area contributed by atoms with Crippen LogP contribution in [0, 0.1) is 17.1 Å². The lowest BCUT2D eigenvalue weighted by atomic mass is 9.79. The van der Waals surface area contributed by atoms with E-state index in [2.05, 4.69) is 0 Å². The Hall–Kier alpha value is -2.75. The Morgan fingerprint density at radius 3 is 2.18 bits per heavy atom. The van der Waals surface area contributed by atoms with E-state index in [1.807, 2.05) is 13.0 Å². The number of halogens is 1. The van der Waals surface area contributed by atoms with Crippen LogP contribution >= 0.6 is 0 Å². The average molecular weight is 384 g/mol. The summed E-state index contributed by atoms with van der Waals surface area (Å²) in [4.78, 5) is 14.3. The minimum Gasteiger partial charge on any atom is -0.445 e. The molecule has 0 aliphatic carbocycles. The zero-order valence-corrected chi connectivity index (χ0v) is 16.4. The molecule has 0 amide bonds. The Labute approximate surface area is 165 Å². The van der Waals surface area contributed by atoms with Gasteiger partial charge in [-0.15, -0.1) is 0 Å². The van der Waals surface area contributed by atoms with Crippen molar-refractivity contribution >= 4 is 5.97 Å². The Balaban J connectivity index is 2.67. The zero-order valence-electron chi connectivity index (χ0n) is 16.4. The van der Waals surface area contributed by atoms with Gasteiger partial charge < -0.3 is 9.84 Å². The molecular formula is C22H25FN2O3. The molecule has 0 aliphatic rings. The van der Waals surface area contributed by atoms with Crippen LogP contribution in [0.4, 0.5) is 4.39 Å². The topological polar surface area (TPSA) is 73.6 Å². The maximum atomic E-state index is 13.5. The van der Waals surface area contributed by atoms with Gasteiger partial charge in [0.2, 0.25) is 0 Å². The Morgan fingerprint density at radius 2 is 1.71 bits per heavy atom. The number of ether oxygens (including phenoxy) is 1. The smallest absolute Gasteiger partial charge is 0.321 e. The first-order valence-electron chi connectivity index (χ1n) is 9.14. The van der Waals surface area contributed by atoms with E-state index in [0.29, 0.717) is 29.5 Å². The van der Waals surface area contributed by atoms with E-state index in [0.717, 1.165) is 0 Å². The highest BCUT2D eigenvalue weighted by Gasteiger charge is 2.45. The van der Waals surface area contributed by atoms with Crippen LogP contribution in [0.25, 0.3) is 0 Å². The summed E-state index contributed by atoms with van der Waals surface area (Å²) in [5.41, 5.74) is -0.0793. The first-order valence-corrected chi connectivity index (χ1v) is 9.14. The molecule has 1 N–H and O–H groups in total. The Bertz CT molecular complexity index is 828. The normalized spacial score (nSPS) is 14.2. The molecule has 6 heteroatoms. The summed E-state index contributed by atoms with van der Waals surface area (Å²) in [6.45, 7) is 1.94. The Morgan fingerprint density at radius 1 is 1.18 bits per heavy atom. The fraction of sp³-hybridized carbons (Fsp3) is 0.364. The van der Waals surface area contributed by atoms with E-state index in [1.165, 1.54) is 24.3 Å². The molecule has 0 bridgehead atoms. The number of likely N-dealkylation sites (N-methyl/N-ethyl adjacent to an activating group) is 1. The second-order valence-electron chi connectivity index (χ2n) is 6.95. The summed E-state index contributed by atoms with van der Waals surface area (Å²) < 4.78 is 19.5. The van der Waals surface area contributed by atoms with Gasteiger partial charge in [-0.3, -0.25) is 9.69 Å². The number of carbonyl (C=O) groups excluding carboxylic acids is 1. The van der Waals surface area contributed by atoms with Crippen LogP contribution in [0.1, 0.15) is 36.5 Å². The molecule has 0 aromatic heterocycles. The third-order valence-electron chi connectivity index (χ3n) is 4.47. The predicted octanol–water partition coefficient (Wildman–Crippen LogP) is 3.21. The number of hydrogen-bond donors (Lipinski definition) is 1. The van der Waals surface area contributed by atoms with Gasteiger partial charge in [0.25, 0.3) is 0 Å². The molecule has 2 aromatic rings. The first-order chi connectivity index (χ1) is 13.3. The number of aliphatic hydroxyl groups excluding tert-OH is 1. The van der Waals surface area contributed by atoms with Crippen molar-refractivity contribution in [1.29, 1.82) is 5.26 Å². The molecular weight excluding hydrogens is 359 g/mol. The maximum absolute atomic E-state index is 13.5. The number of hydrogen-bond acceptors (Lipinski definition) is 5. The molecule has 0 spiro atoms. The van der Waals surface area contributed by atoms with Crippen molar-refractivity contribution in [2.24, 2.45) is 0 Å². The van der Waals surface area contributed by atoms with Crippen LogP contribution in [0.5, 0.6) is 0 Å². The molecule has 28 heavy (non-hydrogen) atoms. The van der Waals surface area contributed by atoms with Gasteiger partial charge in [0, 0.05) is 11.1 Å². The van der Waals surface area contributed by atoms with Gasteiger partial charge in [-0.05, 0) is 44.8 Å². The lowest BCUT2D eigenvalue weighted by Crippen LogP contribution is -2.46. The fourth-order valence-corrected chi connectivity index (χ4v) is 3.17. The summed E-state index contributed by atoms with van der Waals surface area (Å²) in [5, 5.41) is 20.2. The number of nitrogens with zero attached hydrogens (tertiary/aromatic N) is 2. The van der Waals surface area contributed by atoms with Crippen molar-refractivity contribution in [1.82, 2.24) is 4.90 Å². The van der Waals surface area contributed by atoms with Gasteiger partial charge in [0.1, 0.15) is 11.9 Å². The van der Waals surface area contributed by atoms with Gasteiger partial charge in [-0.2, -0.15) is 5.26 Å². The quantitative estimate of drug-likeness (QED) is 0.708. The monoisotopic (exact) mass is 384 g/mol. The van der Waals surface area contributed by atoms with E-state index in [4.69, 9.17) is 10.00 Å². The molecule has 5 nitrogen and oxygen atoms in total. The first kappa shape index (κ1) is 21.5. The molecule has 0 saturated carbocycles. The molecule has 2 unspecified atom stereocenters. The molecule has 0 aliphatic heterocycles. The van der Waals surface area contributed by atoms with Gasteiger partial charge >= 0.3 is 5.97 Å². The standard InChI is InChI=1S/C22H25FN2O3/c1-4-5-20(26)22(28-21(27)15-25(2)3,18-10-12-19(23)13-11-18)17-8-6-16(14-24)7-9-17/h6-13,20,26H,4-5,15H2,1-3H3. The van der Waals surface area contributed by atoms with E-state index in [1.54, 1.807) is 43.3 Å². The molecule has 2 rings (SSSR count). The molecule has 0 fully saturated rings. The summed E-state index contributed by atoms with van der Waals surface area (Å²) in [6, 6.07) is 14.1. The third-order valence-corrected chi connectivity index (χ3v) is 4.47. The SMILES string of the molecule is CCCC(O)C(OC(=O)CN(C)C)(c1ccc(F)cc1)c1ccc(C#N)cc1. The van der Waals surface area contributed by atoms with Crippen LogP contribution in [0.15, 0.2) is 48.5 Å². The Kier molecular flexibility index (Phi) is 7.27. The molecule has 2 atom stereocenters. The molecule has 0 radical (unpaired) electrons. The average Bonchev–Trinajstić information content (AvgIpc) is 2.66. The largest absolute Gasteiger partial charge is 0.445 e. The van der Waals surface area contributed by atoms with Crippen molar-refractivity contribution in [2.75, 3.05) is 20.6 Å². The predicted molar refractivity (Wildman–Crippen MR) is 104 cm³/mol. The number of nitriles is 1. The van der Waals surface area contributed by atoms with Gasteiger partial charge in [-0.1, -0.05) is 37.6 Å². The van der Waals surface area contributed by atoms with Crippen LogP contribution < -0.4 is 0 Å². The van der Waals surface area contributed by atoms with Gasteiger partial charge in [-0.25, -0.2) is 4.39 Å². The second-order valence-corrected chi connectivity index (χ2v) is 6.95. The lowest BCUT2D eigenvalue weighted by molar-refractivity contribution is -0.169. The zero-order chi connectivity index (χ0) is 20.7. The van der Waals surface area contributed by atoms with Crippen molar-refractivity contribution in [2.45, 2.75) is 31.5 Å². The number of rotatable bonds is 8. The van der Waals surface area contributed by atoms with Crippen molar-refractivity contribution < 1.29 is 19.0 Å². The maximum Gasteiger partial charge on any atom is 0.321 e. The minimum atomic E-state index is -1.51. The molecule has 148 valence electrons. The number of benzene rings is 2. The number of carbonyl (C=O) groups is 1. The number of esters is 1. The van der Waals surface area contributed by atoms with Crippen molar-refractivity contribution in [3.63, 3.8) is 0 Å². The fourth-order valence-electron chi connectivity index (χ4n) is 3.17. The highest BCUT2D eigenvalue weighted by atomic mass is 19.1. The van der Waals surface area contributed by atoms with Crippen LogP contribution in [0.2, 0.25) is 0 Å². The van der Waals surface area contributed by atoms with Gasteiger partial charge in [0.05, 0.1) is 18.2 Å². The van der Waals surface area contributed by atoms with E-state index in [9.17, 15) is 14.3 Å². The summed E-state index contributed by atoms with van der Waals surface area (Å²) in [7, 11) is 3.48. The van der Waals surface area contributed by atoms with Crippen LogP contribution in [-0.4, -0.2) is 42.7 Å². The minimum absolute atomic E-state index is 0.0259. The molecule has 0 heterocycles. The van der Waals surface area contributed by atoms with Crippen LogP contribution in [-0.2, 0) is 15.1 Å². The van der Waals surface area contributed by atoms with E-state index >= 15 is 0 Å². The lowest BCUT2D eigenvalue weighted by Gasteiger charge is -2.39. The van der Waals surface area contributed by atoms with Gasteiger partial charge in [0.15, 0.2) is 5.60 Å². The van der Waals surface area contributed by atoms with E-state index < -0.39 is 23.5 Å². The second kappa shape index (κ2) is 9.45. The third kappa shape index (κ3) is 4.75. The highest BCUT2D eigenvalue weighted by molar-refractivity contribution is 5.73. The summed E-state index contributed by atoms with van der Waals surface area (Å²) in [5.74, 6) is -0.948. The van der Waals surface area contributed by atoms with Crippen molar-refractivity contribution in [3.05, 3.63) is 71.0 Å². The summed E-state index contributed by atoms with van der Waals surface area (Å²) in [6.07, 6.45) is -0.0277. The van der Waals surface area contributed by atoms with E-state index in [-0.39, 0.29) is 6.54 Å². The summed E-state index contributed by atoms with van der Waals surface area (Å²) >= 11 is 0. The number of aliphatic hydroxyl groups is 1. The van der Waals surface area contributed by atoms with Crippen LogP contribution in [0.3, 0.4) is 0 Å². The molecule has 2 aromatic carbocycles. The molecule has 0 saturated heterocycles. The highest BCUT2D eigenvalue weighted by Crippen LogP contribution is 2.39. The van der Waals surface area contributed by atoms with Crippen molar-refractivity contribution in [3.8, 4) is 6.07 Å².